The Morgan fingerprint density at radius 1 is 1.00 bits per heavy atom. The summed E-state index contributed by atoms with van der Waals surface area (Å²) >= 11 is 0. The van der Waals surface area contributed by atoms with E-state index in [4.69, 9.17) is 25.1 Å². The maximum Gasteiger partial charge on any atom is 0.342 e. The molecule has 15 heteroatoms. The van der Waals surface area contributed by atoms with Crippen LogP contribution in [0.2, 0.25) is 0 Å². The van der Waals surface area contributed by atoms with Crippen molar-refractivity contribution in [2.24, 2.45) is 0 Å². The molecule has 0 bridgehead atoms. The molecule has 0 saturated carbocycles. The summed E-state index contributed by atoms with van der Waals surface area (Å²) in [5.41, 5.74) is 5.53. The molecule has 1 fully saturated rings. The first kappa shape index (κ1) is 32.8. The number of carboxylic acid groups (broad SMARTS) is 1. The molecule has 0 unspecified atom stereocenters. The van der Waals surface area contributed by atoms with Crippen molar-refractivity contribution in [1.82, 2.24) is 18.7 Å². The van der Waals surface area contributed by atoms with Gasteiger partial charge in [0.05, 0.1) is 50.1 Å². The van der Waals surface area contributed by atoms with Crippen LogP contribution in [-0.4, -0.2) is 69.3 Å². The van der Waals surface area contributed by atoms with Crippen molar-refractivity contribution in [3.8, 4) is 17.2 Å². The fourth-order valence-electron chi connectivity index (χ4n) is 4.81. The summed E-state index contributed by atoms with van der Waals surface area (Å²) in [5.74, 6) is -1.81. The molecular weight excluding hydrogens is 618 g/mol. The van der Waals surface area contributed by atoms with Crippen molar-refractivity contribution in [3.63, 3.8) is 0 Å². The SMILES string of the molecule is CCOCCn1cc(C(=O)O)c(=O)n(-c2ccc(F)cc2)c1=O.Nc1ccc(Oc2cc(N3CCOCC3)cn3nccc23)c(F)c1. The molecule has 0 aliphatic carbocycles. The van der Waals surface area contributed by atoms with Gasteiger partial charge in [0.2, 0.25) is 0 Å². The van der Waals surface area contributed by atoms with E-state index in [0.29, 0.717) is 35.8 Å². The fourth-order valence-corrected chi connectivity index (χ4v) is 4.81. The molecule has 0 amide bonds. The van der Waals surface area contributed by atoms with E-state index in [2.05, 4.69) is 10.00 Å². The number of pyridine rings is 1. The largest absolute Gasteiger partial charge is 0.477 e. The van der Waals surface area contributed by atoms with Gasteiger partial charge in [-0.25, -0.2) is 27.5 Å². The summed E-state index contributed by atoms with van der Waals surface area (Å²) in [6.45, 7) is 5.46. The lowest BCUT2D eigenvalue weighted by molar-refractivity contribution is 0.0692. The highest BCUT2D eigenvalue weighted by Crippen LogP contribution is 2.32. The van der Waals surface area contributed by atoms with E-state index in [0.717, 1.165) is 47.2 Å². The van der Waals surface area contributed by atoms with Crippen LogP contribution in [-0.2, 0) is 16.0 Å². The van der Waals surface area contributed by atoms with Crippen molar-refractivity contribution in [2.75, 3.05) is 50.2 Å². The first-order valence-electron chi connectivity index (χ1n) is 14.6. The highest BCUT2D eigenvalue weighted by atomic mass is 19.1. The number of aromatic carboxylic acids is 1. The van der Waals surface area contributed by atoms with Crippen molar-refractivity contribution in [1.29, 1.82) is 0 Å². The summed E-state index contributed by atoms with van der Waals surface area (Å²) in [4.78, 5) is 38.1. The van der Waals surface area contributed by atoms with E-state index in [1.54, 1.807) is 23.7 Å². The van der Waals surface area contributed by atoms with E-state index in [9.17, 15) is 23.2 Å². The molecule has 13 nitrogen and oxygen atoms in total. The van der Waals surface area contributed by atoms with Gasteiger partial charge in [-0.3, -0.25) is 9.36 Å². The van der Waals surface area contributed by atoms with Crippen LogP contribution in [0.5, 0.6) is 11.5 Å². The first-order valence-corrected chi connectivity index (χ1v) is 14.6. The lowest BCUT2D eigenvalue weighted by atomic mass is 10.2. The Bertz CT molecular complexity index is 1990. The van der Waals surface area contributed by atoms with Gasteiger partial charge in [-0.2, -0.15) is 5.10 Å². The number of nitrogens with two attached hydrogens (primary N) is 1. The molecule has 3 aromatic heterocycles. The second-order valence-corrected chi connectivity index (χ2v) is 10.3. The van der Waals surface area contributed by atoms with Crippen LogP contribution < -0.4 is 26.6 Å². The zero-order valence-electron chi connectivity index (χ0n) is 25.3. The number of morpholine rings is 1. The number of aromatic nitrogens is 4. The Labute approximate surface area is 266 Å². The van der Waals surface area contributed by atoms with Crippen LogP contribution in [0.3, 0.4) is 0 Å². The Kier molecular flexibility index (Phi) is 10.3. The lowest BCUT2D eigenvalue weighted by Gasteiger charge is -2.29. The third-order valence-electron chi connectivity index (χ3n) is 7.16. The highest BCUT2D eigenvalue weighted by molar-refractivity contribution is 5.86. The Hall–Kier alpha value is -5.54. The Balaban J connectivity index is 0.000000185. The van der Waals surface area contributed by atoms with Gasteiger partial charge in [-0.1, -0.05) is 0 Å². The molecule has 5 aromatic rings. The first-order chi connectivity index (χ1) is 22.7. The van der Waals surface area contributed by atoms with E-state index in [-0.39, 0.29) is 24.6 Å². The molecule has 1 aliphatic rings. The minimum absolute atomic E-state index is 0.0917. The standard InChI is InChI=1S/C17H17FN4O2.C15H15FN2O5/c18-14-9-12(19)1-2-16(14)24-17-10-13(21-5-7-23-8-6-21)11-22-15(17)3-4-20-22;1-2-23-8-7-17-9-12(14(20)21)13(19)18(15(17)22)11-5-3-10(16)4-6-11/h1-4,9-11H,5-8,19H2;3-6,9H,2,7-8H2,1H3,(H,20,21). The van der Waals surface area contributed by atoms with Gasteiger partial charge in [-0.05, 0) is 49.4 Å². The normalized spacial score (nSPS) is 12.9. The third kappa shape index (κ3) is 7.65. The molecular formula is C32H32F2N6O7. The molecule has 1 aliphatic heterocycles. The summed E-state index contributed by atoms with van der Waals surface area (Å²) in [6, 6.07) is 12.7. The van der Waals surface area contributed by atoms with Gasteiger partial charge in [0.25, 0.3) is 5.56 Å². The summed E-state index contributed by atoms with van der Waals surface area (Å²) in [5, 5.41) is 13.4. The average Bonchev–Trinajstić information content (AvgIpc) is 3.54. The average molecular weight is 651 g/mol. The molecule has 246 valence electrons. The van der Waals surface area contributed by atoms with Crippen LogP contribution in [0.25, 0.3) is 11.2 Å². The van der Waals surface area contributed by atoms with Crippen molar-refractivity contribution in [2.45, 2.75) is 13.5 Å². The number of ether oxygens (including phenoxy) is 3. The van der Waals surface area contributed by atoms with Crippen LogP contribution in [0.4, 0.5) is 20.2 Å². The zero-order chi connectivity index (χ0) is 33.5. The smallest absolute Gasteiger partial charge is 0.342 e. The third-order valence-corrected chi connectivity index (χ3v) is 7.16. The van der Waals surface area contributed by atoms with Gasteiger partial charge in [0.1, 0.15) is 16.9 Å². The molecule has 1 saturated heterocycles. The molecule has 0 radical (unpaired) electrons. The number of rotatable bonds is 9. The number of nitrogens with zero attached hydrogens (tertiary/aromatic N) is 5. The fraction of sp³-hybridized carbons (Fsp3) is 0.250. The van der Waals surface area contributed by atoms with Gasteiger partial charge in [-0.15, -0.1) is 0 Å². The van der Waals surface area contributed by atoms with Crippen LogP contribution in [0, 0.1) is 11.6 Å². The maximum absolute atomic E-state index is 14.1. The summed E-state index contributed by atoms with van der Waals surface area (Å²) in [6.07, 6.45) is 4.61. The van der Waals surface area contributed by atoms with Gasteiger partial charge >= 0.3 is 11.7 Å². The van der Waals surface area contributed by atoms with E-state index >= 15 is 0 Å². The topological polar surface area (TPSA) is 156 Å². The number of benzene rings is 2. The van der Waals surface area contributed by atoms with Crippen molar-refractivity contribution in [3.05, 3.63) is 111 Å². The Morgan fingerprint density at radius 3 is 2.43 bits per heavy atom. The second-order valence-electron chi connectivity index (χ2n) is 10.3. The molecule has 6 rings (SSSR count). The molecule has 4 heterocycles. The summed E-state index contributed by atoms with van der Waals surface area (Å²) < 4.78 is 46.9. The van der Waals surface area contributed by atoms with Gasteiger partial charge < -0.3 is 30.0 Å². The maximum atomic E-state index is 14.1. The second kappa shape index (κ2) is 14.7. The molecule has 2 aromatic carbocycles. The van der Waals surface area contributed by atoms with E-state index in [1.165, 1.54) is 24.3 Å². The van der Waals surface area contributed by atoms with Gasteiger partial charge in [0.15, 0.2) is 17.3 Å². The number of fused-ring (bicyclic) bond motifs is 1. The number of anilines is 2. The zero-order valence-corrected chi connectivity index (χ0v) is 25.3. The molecule has 0 spiro atoms. The number of hydrogen-bond acceptors (Lipinski definition) is 9. The van der Waals surface area contributed by atoms with Crippen molar-refractivity contribution >= 4 is 22.9 Å². The minimum atomic E-state index is -1.45. The molecule has 3 N–H and O–H groups in total. The predicted molar refractivity (Wildman–Crippen MR) is 169 cm³/mol. The van der Waals surface area contributed by atoms with Crippen LogP contribution in [0.15, 0.2) is 82.8 Å². The number of hydrogen-bond donors (Lipinski definition) is 2. The Morgan fingerprint density at radius 2 is 1.74 bits per heavy atom. The monoisotopic (exact) mass is 650 g/mol. The quantitative estimate of drug-likeness (QED) is 0.179. The van der Waals surface area contributed by atoms with Crippen molar-refractivity contribution < 1.29 is 32.9 Å². The van der Waals surface area contributed by atoms with Crippen LogP contribution in [0.1, 0.15) is 17.3 Å². The number of carboxylic acids is 1. The summed E-state index contributed by atoms with van der Waals surface area (Å²) in [7, 11) is 0. The lowest BCUT2D eigenvalue weighted by Crippen LogP contribution is -2.41. The predicted octanol–water partition coefficient (Wildman–Crippen LogP) is 3.56. The molecule has 0 atom stereocenters. The van der Waals surface area contributed by atoms with E-state index < -0.39 is 34.4 Å². The number of halogens is 2. The minimum Gasteiger partial charge on any atom is -0.477 e. The van der Waals surface area contributed by atoms with Crippen LogP contribution >= 0.6 is 0 Å². The number of nitrogen functional groups attached to an aromatic ring is 1. The van der Waals surface area contributed by atoms with E-state index in [1.807, 2.05) is 18.3 Å². The molecule has 47 heavy (non-hydrogen) atoms. The van der Waals surface area contributed by atoms with Gasteiger partial charge in [0, 0.05) is 43.7 Å². The highest BCUT2D eigenvalue weighted by Gasteiger charge is 2.18. The number of carbonyl (C=O) groups is 1.